The lowest BCUT2D eigenvalue weighted by atomic mass is 9.66. The van der Waals surface area contributed by atoms with Crippen LogP contribution in [0.15, 0.2) is 36.4 Å². The fourth-order valence-corrected chi connectivity index (χ4v) is 3.96. The molecule has 3 aliphatic rings. The van der Waals surface area contributed by atoms with E-state index >= 15 is 0 Å². The number of nitrogens with one attached hydrogen (secondary N) is 1. The van der Waals surface area contributed by atoms with Crippen LogP contribution in [0.5, 0.6) is 11.5 Å². The number of ether oxygens (including phenoxy) is 2. The highest BCUT2D eigenvalue weighted by molar-refractivity contribution is 6.02. The highest BCUT2D eigenvalue weighted by atomic mass is 19.4. The van der Waals surface area contributed by atoms with Gasteiger partial charge in [0.05, 0.1) is 5.41 Å². The van der Waals surface area contributed by atoms with E-state index in [0.717, 1.165) is 0 Å². The highest BCUT2D eigenvalue weighted by Crippen LogP contribution is 2.48. The zero-order valence-electron chi connectivity index (χ0n) is 15.1. The number of hydrogen-bond acceptors (Lipinski definition) is 5. The SMILES string of the molecule is CNC(=O)C1N(C(=O)C(F)(F)F)Cc2cc3c(cc2C12C=CC(=O)C=C2)OCO3. The number of allylic oxidation sites excluding steroid dienone is 2. The van der Waals surface area contributed by atoms with E-state index in [9.17, 15) is 27.6 Å². The van der Waals surface area contributed by atoms with Gasteiger partial charge in [0.1, 0.15) is 6.04 Å². The Kier molecular flexibility index (Phi) is 4.18. The molecular weight excluding hydrogens is 393 g/mol. The molecule has 1 aromatic carbocycles. The summed E-state index contributed by atoms with van der Waals surface area (Å²) >= 11 is 0. The Morgan fingerprint density at radius 1 is 1.17 bits per heavy atom. The number of amides is 2. The lowest BCUT2D eigenvalue weighted by Gasteiger charge is -2.47. The number of halogens is 3. The molecule has 1 aliphatic carbocycles. The van der Waals surface area contributed by atoms with Gasteiger partial charge in [-0.05, 0) is 35.4 Å². The van der Waals surface area contributed by atoms with Gasteiger partial charge in [-0.1, -0.05) is 12.2 Å². The fourth-order valence-electron chi connectivity index (χ4n) is 3.96. The number of alkyl halides is 3. The van der Waals surface area contributed by atoms with Gasteiger partial charge in [-0.2, -0.15) is 13.2 Å². The minimum Gasteiger partial charge on any atom is -0.454 e. The molecule has 1 spiro atoms. The number of likely N-dealkylation sites (N-methyl/N-ethyl adjacent to an activating group) is 1. The Balaban J connectivity index is 1.98. The van der Waals surface area contributed by atoms with Crippen molar-refractivity contribution >= 4 is 17.6 Å². The molecule has 2 heterocycles. The summed E-state index contributed by atoms with van der Waals surface area (Å²) in [5.41, 5.74) is -0.666. The smallest absolute Gasteiger partial charge is 0.454 e. The van der Waals surface area contributed by atoms with Crippen molar-refractivity contribution in [2.24, 2.45) is 0 Å². The Bertz CT molecular complexity index is 967. The van der Waals surface area contributed by atoms with E-state index < -0.39 is 36.0 Å². The molecule has 1 unspecified atom stereocenters. The van der Waals surface area contributed by atoms with Crippen LogP contribution in [0.2, 0.25) is 0 Å². The number of rotatable bonds is 1. The Hall–Kier alpha value is -3.30. The van der Waals surface area contributed by atoms with Crippen molar-refractivity contribution in [2.75, 3.05) is 13.8 Å². The molecule has 0 bridgehead atoms. The lowest BCUT2D eigenvalue weighted by Crippen LogP contribution is -2.63. The van der Waals surface area contributed by atoms with Gasteiger partial charge in [0.15, 0.2) is 17.3 Å². The summed E-state index contributed by atoms with van der Waals surface area (Å²) in [6.45, 7) is -0.515. The summed E-state index contributed by atoms with van der Waals surface area (Å²) in [6.07, 6.45) is -0.130. The van der Waals surface area contributed by atoms with Gasteiger partial charge in [-0.15, -0.1) is 0 Å². The third-order valence-corrected chi connectivity index (χ3v) is 5.21. The number of nitrogens with zero attached hydrogens (tertiary/aromatic N) is 1. The van der Waals surface area contributed by atoms with Crippen LogP contribution >= 0.6 is 0 Å². The summed E-state index contributed by atoms with van der Waals surface area (Å²) in [4.78, 5) is 37.2. The summed E-state index contributed by atoms with van der Waals surface area (Å²) in [7, 11) is 1.27. The van der Waals surface area contributed by atoms with Crippen molar-refractivity contribution < 1.29 is 37.0 Å². The number of hydrogen-bond donors (Lipinski definition) is 1. The molecule has 0 fully saturated rings. The van der Waals surface area contributed by atoms with E-state index in [1.807, 2.05) is 0 Å². The van der Waals surface area contributed by atoms with Crippen LogP contribution < -0.4 is 14.8 Å². The van der Waals surface area contributed by atoms with Crippen LogP contribution in [-0.4, -0.2) is 48.6 Å². The third kappa shape index (κ3) is 2.86. The molecule has 7 nitrogen and oxygen atoms in total. The molecule has 1 aromatic rings. The fraction of sp³-hybridized carbons (Fsp3) is 0.316. The largest absolute Gasteiger partial charge is 0.471 e. The van der Waals surface area contributed by atoms with Crippen molar-refractivity contribution in [2.45, 2.75) is 24.2 Å². The molecule has 2 aliphatic heterocycles. The molecule has 2 amide bonds. The Morgan fingerprint density at radius 2 is 1.79 bits per heavy atom. The molecule has 0 saturated carbocycles. The first kappa shape index (κ1) is 19.0. The minimum absolute atomic E-state index is 0.0561. The predicted octanol–water partition coefficient (Wildman–Crippen LogP) is 1.37. The van der Waals surface area contributed by atoms with E-state index in [1.165, 1.54) is 37.4 Å². The number of carbonyl (C=O) groups excluding carboxylic acids is 3. The van der Waals surface area contributed by atoms with Crippen LogP contribution in [0.25, 0.3) is 0 Å². The van der Waals surface area contributed by atoms with Crippen molar-refractivity contribution in [3.8, 4) is 11.5 Å². The Labute approximate surface area is 162 Å². The number of benzene rings is 1. The maximum Gasteiger partial charge on any atom is 0.471 e. The van der Waals surface area contributed by atoms with Crippen LogP contribution in [-0.2, 0) is 26.3 Å². The van der Waals surface area contributed by atoms with Crippen LogP contribution in [0, 0.1) is 0 Å². The average Bonchev–Trinajstić information content (AvgIpc) is 3.14. The summed E-state index contributed by atoms with van der Waals surface area (Å²) < 4.78 is 50.7. The van der Waals surface area contributed by atoms with Crippen LogP contribution in [0.3, 0.4) is 0 Å². The molecular formula is C19H15F3N2O5. The van der Waals surface area contributed by atoms with Crippen molar-refractivity contribution in [3.05, 3.63) is 47.6 Å². The normalized spacial score (nSPS) is 21.3. The standard InChI is InChI=1S/C19H15F3N2O5/c1-23-16(26)15-18(4-2-11(25)3-5-18)12-7-14-13(28-9-29-14)6-10(12)8-24(15)17(27)19(20,21)22/h2-7,15H,8-9H2,1H3,(H,23,26). The average molecular weight is 408 g/mol. The topological polar surface area (TPSA) is 84.9 Å². The molecule has 0 aromatic heterocycles. The second-order valence-corrected chi connectivity index (χ2v) is 6.81. The number of ketones is 1. The Morgan fingerprint density at radius 3 is 2.38 bits per heavy atom. The lowest BCUT2D eigenvalue weighted by molar-refractivity contribution is -0.190. The summed E-state index contributed by atoms with van der Waals surface area (Å²) in [6, 6.07) is 1.51. The molecule has 152 valence electrons. The van der Waals surface area contributed by atoms with Gasteiger partial charge in [-0.25, -0.2) is 0 Å². The van der Waals surface area contributed by atoms with Gasteiger partial charge >= 0.3 is 12.1 Å². The maximum atomic E-state index is 13.3. The second kappa shape index (κ2) is 6.36. The monoisotopic (exact) mass is 408 g/mol. The molecule has 29 heavy (non-hydrogen) atoms. The number of fused-ring (bicyclic) bond motifs is 3. The number of carbonyl (C=O) groups is 3. The van der Waals surface area contributed by atoms with Gasteiger partial charge in [0, 0.05) is 13.6 Å². The first-order valence-corrected chi connectivity index (χ1v) is 8.62. The van der Waals surface area contributed by atoms with E-state index in [0.29, 0.717) is 27.5 Å². The molecule has 4 rings (SSSR count). The molecule has 1 N–H and O–H groups in total. The van der Waals surface area contributed by atoms with E-state index in [-0.39, 0.29) is 12.6 Å². The van der Waals surface area contributed by atoms with E-state index in [4.69, 9.17) is 9.47 Å². The van der Waals surface area contributed by atoms with Crippen molar-refractivity contribution in [1.82, 2.24) is 10.2 Å². The van der Waals surface area contributed by atoms with Gasteiger partial charge in [0.25, 0.3) is 0 Å². The zero-order chi connectivity index (χ0) is 21.0. The molecule has 1 atom stereocenters. The third-order valence-electron chi connectivity index (χ3n) is 5.21. The first-order chi connectivity index (χ1) is 13.7. The van der Waals surface area contributed by atoms with Crippen molar-refractivity contribution in [3.63, 3.8) is 0 Å². The zero-order valence-corrected chi connectivity index (χ0v) is 15.1. The van der Waals surface area contributed by atoms with Crippen molar-refractivity contribution in [1.29, 1.82) is 0 Å². The molecule has 0 saturated heterocycles. The predicted molar refractivity (Wildman–Crippen MR) is 92.0 cm³/mol. The second-order valence-electron chi connectivity index (χ2n) is 6.81. The van der Waals surface area contributed by atoms with Gasteiger partial charge in [-0.3, -0.25) is 14.4 Å². The first-order valence-electron chi connectivity index (χ1n) is 8.62. The van der Waals surface area contributed by atoms with Gasteiger partial charge < -0.3 is 19.7 Å². The molecule has 0 radical (unpaired) electrons. The van der Waals surface area contributed by atoms with Crippen LogP contribution in [0.1, 0.15) is 11.1 Å². The minimum atomic E-state index is -5.18. The van der Waals surface area contributed by atoms with E-state index in [2.05, 4.69) is 5.32 Å². The quantitative estimate of drug-likeness (QED) is 0.759. The van der Waals surface area contributed by atoms with Gasteiger partial charge in [0.2, 0.25) is 12.7 Å². The van der Waals surface area contributed by atoms with E-state index in [1.54, 1.807) is 6.07 Å². The van der Waals surface area contributed by atoms with Crippen LogP contribution in [0.4, 0.5) is 13.2 Å². The summed E-state index contributed by atoms with van der Waals surface area (Å²) in [5, 5.41) is 2.33. The molecule has 10 heteroatoms. The summed E-state index contributed by atoms with van der Waals surface area (Å²) in [5.74, 6) is -2.63. The maximum absolute atomic E-state index is 13.3. The highest BCUT2D eigenvalue weighted by Gasteiger charge is 2.56.